The highest BCUT2D eigenvalue weighted by Gasteiger charge is 2.09. The third-order valence-electron chi connectivity index (χ3n) is 2.72. The number of nitrogens with zero attached hydrogens (tertiary/aromatic N) is 2. The highest BCUT2D eigenvalue weighted by molar-refractivity contribution is 6.31. The van der Waals surface area contributed by atoms with Gasteiger partial charge in [0.05, 0.1) is 5.69 Å². The van der Waals surface area contributed by atoms with Gasteiger partial charge in [-0.15, -0.1) is 0 Å². The number of carbonyl (C=O) groups excluding carboxylic acids is 1. The summed E-state index contributed by atoms with van der Waals surface area (Å²) in [7, 11) is 3.44. The molecule has 5 nitrogen and oxygen atoms in total. The maximum absolute atomic E-state index is 11.4. The van der Waals surface area contributed by atoms with Crippen LogP contribution in [-0.4, -0.2) is 29.8 Å². The zero-order valence-electron chi connectivity index (χ0n) is 10.8. The van der Waals surface area contributed by atoms with Crippen molar-refractivity contribution in [2.24, 2.45) is 0 Å². The van der Waals surface area contributed by atoms with Gasteiger partial charge < -0.3 is 10.6 Å². The van der Waals surface area contributed by atoms with Gasteiger partial charge in [0.15, 0.2) is 5.69 Å². The van der Waals surface area contributed by atoms with E-state index < -0.39 is 0 Å². The van der Waals surface area contributed by atoms with Crippen molar-refractivity contribution in [2.75, 3.05) is 14.1 Å². The van der Waals surface area contributed by atoms with Gasteiger partial charge >= 0.3 is 0 Å². The van der Waals surface area contributed by atoms with E-state index in [2.05, 4.69) is 15.7 Å². The van der Waals surface area contributed by atoms with E-state index in [-0.39, 0.29) is 5.91 Å². The van der Waals surface area contributed by atoms with Crippen molar-refractivity contribution >= 4 is 17.5 Å². The minimum atomic E-state index is -0.211. The average molecular weight is 279 g/mol. The Bertz CT molecular complexity index is 594. The number of amides is 1. The Morgan fingerprint density at radius 1 is 1.37 bits per heavy atom. The molecule has 0 saturated carbocycles. The zero-order valence-corrected chi connectivity index (χ0v) is 11.5. The Hall–Kier alpha value is -1.85. The molecule has 0 aliphatic heterocycles. The monoisotopic (exact) mass is 278 g/mol. The number of aromatic nitrogens is 2. The van der Waals surface area contributed by atoms with E-state index >= 15 is 0 Å². The number of hydrogen-bond acceptors (Lipinski definition) is 3. The summed E-state index contributed by atoms with van der Waals surface area (Å²) >= 11 is 6.19. The Balaban J connectivity index is 2.29. The molecule has 0 aliphatic carbocycles. The van der Waals surface area contributed by atoms with Crippen LogP contribution in [0.1, 0.15) is 16.1 Å². The number of hydrogen-bond donors (Lipinski definition) is 2. The van der Waals surface area contributed by atoms with Crippen molar-refractivity contribution in [3.05, 3.63) is 46.7 Å². The van der Waals surface area contributed by atoms with Gasteiger partial charge in [-0.25, -0.2) is 4.68 Å². The van der Waals surface area contributed by atoms with Gasteiger partial charge in [-0.2, -0.15) is 5.10 Å². The topological polar surface area (TPSA) is 59.0 Å². The molecule has 1 aromatic heterocycles. The summed E-state index contributed by atoms with van der Waals surface area (Å²) in [5, 5.41) is 10.5. The van der Waals surface area contributed by atoms with E-state index in [1.165, 1.54) is 0 Å². The third-order valence-corrected chi connectivity index (χ3v) is 3.07. The number of halogens is 1. The van der Waals surface area contributed by atoms with Gasteiger partial charge in [-0.05, 0) is 30.8 Å². The summed E-state index contributed by atoms with van der Waals surface area (Å²) < 4.78 is 1.62. The summed E-state index contributed by atoms with van der Waals surface area (Å²) in [5.74, 6) is -0.211. The summed E-state index contributed by atoms with van der Waals surface area (Å²) in [6.07, 6.45) is 1.73. The Kier molecular flexibility index (Phi) is 4.19. The van der Waals surface area contributed by atoms with Crippen LogP contribution in [0, 0.1) is 0 Å². The quantitative estimate of drug-likeness (QED) is 0.893. The fraction of sp³-hybridized carbons (Fsp3) is 0.231. The van der Waals surface area contributed by atoms with E-state index in [0.29, 0.717) is 17.3 Å². The molecule has 2 aromatic rings. The molecule has 0 unspecified atom stereocenters. The Morgan fingerprint density at radius 2 is 2.16 bits per heavy atom. The Morgan fingerprint density at radius 3 is 2.79 bits per heavy atom. The summed E-state index contributed by atoms with van der Waals surface area (Å²) in [4.78, 5) is 11.4. The van der Waals surface area contributed by atoms with E-state index in [9.17, 15) is 4.79 Å². The van der Waals surface area contributed by atoms with Crippen LogP contribution in [0.5, 0.6) is 0 Å². The molecule has 0 aliphatic rings. The first kappa shape index (κ1) is 13.6. The lowest BCUT2D eigenvalue weighted by Gasteiger charge is -2.06. The third kappa shape index (κ3) is 2.94. The van der Waals surface area contributed by atoms with Crippen LogP contribution in [0.3, 0.4) is 0 Å². The second kappa shape index (κ2) is 5.86. The summed E-state index contributed by atoms with van der Waals surface area (Å²) in [6.45, 7) is 0.710. The van der Waals surface area contributed by atoms with Crippen LogP contribution >= 0.6 is 11.6 Å². The first-order valence-electron chi connectivity index (χ1n) is 5.87. The largest absolute Gasteiger partial charge is 0.354 e. The molecule has 100 valence electrons. The predicted molar refractivity (Wildman–Crippen MR) is 74.7 cm³/mol. The number of benzene rings is 1. The first-order chi connectivity index (χ1) is 9.15. The standard InChI is InChI=1S/C13H15ClN4O/c1-15-8-9-3-4-10(7-11(9)14)18-6-5-12(17-18)13(19)16-2/h3-7,15H,8H2,1-2H3,(H,16,19). The number of carbonyl (C=O) groups is 1. The van der Waals surface area contributed by atoms with Crippen molar-refractivity contribution in [2.45, 2.75) is 6.54 Å². The SMILES string of the molecule is CNCc1ccc(-n2ccc(C(=O)NC)n2)cc1Cl. The van der Waals surface area contributed by atoms with Crippen molar-refractivity contribution < 1.29 is 4.79 Å². The molecular formula is C13H15ClN4O. The van der Waals surface area contributed by atoms with Crippen molar-refractivity contribution in [1.82, 2.24) is 20.4 Å². The Labute approximate surface area is 116 Å². The van der Waals surface area contributed by atoms with Crippen LogP contribution in [-0.2, 0) is 6.54 Å². The van der Waals surface area contributed by atoms with Crippen molar-refractivity contribution in [3.63, 3.8) is 0 Å². The maximum atomic E-state index is 11.4. The van der Waals surface area contributed by atoms with E-state index in [4.69, 9.17) is 11.6 Å². The molecule has 0 radical (unpaired) electrons. The lowest BCUT2D eigenvalue weighted by atomic mass is 10.2. The van der Waals surface area contributed by atoms with Gasteiger partial charge in [0.2, 0.25) is 0 Å². The minimum Gasteiger partial charge on any atom is -0.354 e. The molecule has 0 spiro atoms. The van der Waals surface area contributed by atoms with Crippen LogP contribution in [0.25, 0.3) is 5.69 Å². The molecule has 2 rings (SSSR count). The van der Waals surface area contributed by atoms with Gasteiger partial charge in [-0.1, -0.05) is 17.7 Å². The molecule has 6 heteroatoms. The van der Waals surface area contributed by atoms with Gasteiger partial charge in [0.1, 0.15) is 0 Å². The molecule has 1 aromatic carbocycles. The van der Waals surface area contributed by atoms with Crippen LogP contribution in [0.2, 0.25) is 5.02 Å². The molecule has 2 N–H and O–H groups in total. The van der Waals surface area contributed by atoms with Gasteiger partial charge in [0, 0.05) is 24.8 Å². The normalized spacial score (nSPS) is 10.5. The molecule has 0 fully saturated rings. The second-order valence-corrected chi connectivity index (χ2v) is 4.44. The summed E-state index contributed by atoms with van der Waals surface area (Å²) in [6, 6.07) is 7.34. The fourth-order valence-corrected chi connectivity index (χ4v) is 1.97. The average Bonchev–Trinajstić information content (AvgIpc) is 2.90. The van der Waals surface area contributed by atoms with Gasteiger partial charge in [0.25, 0.3) is 5.91 Å². The first-order valence-corrected chi connectivity index (χ1v) is 6.24. The minimum absolute atomic E-state index is 0.211. The van der Waals surface area contributed by atoms with Crippen LogP contribution in [0.4, 0.5) is 0 Å². The van der Waals surface area contributed by atoms with Gasteiger partial charge in [-0.3, -0.25) is 4.79 Å². The van der Waals surface area contributed by atoms with E-state index in [0.717, 1.165) is 11.3 Å². The maximum Gasteiger partial charge on any atom is 0.271 e. The molecule has 19 heavy (non-hydrogen) atoms. The fourth-order valence-electron chi connectivity index (χ4n) is 1.73. The lowest BCUT2D eigenvalue weighted by molar-refractivity contribution is 0.0957. The van der Waals surface area contributed by atoms with E-state index in [1.807, 2.05) is 25.2 Å². The number of rotatable bonds is 4. The molecule has 1 heterocycles. The summed E-state index contributed by atoms with van der Waals surface area (Å²) in [5.41, 5.74) is 2.21. The number of nitrogens with one attached hydrogen (secondary N) is 2. The zero-order chi connectivity index (χ0) is 13.8. The predicted octanol–water partition coefficient (Wildman–Crippen LogP) is 1.60. The second-order valence-electron chi connectivity index (χ2n) is 4.03. The van der Waals surface area contributed by atoms with Crippen molar-refractivity contribution in [1.29, 1.82) is 0 Å². The van der Waals surface area contributed by atoms with Crippen molar-refractivity contribution in [3.8, 4) is 5.69 Å². The van der Waals surface area contributed by atoms with Crippen LogP contribution in [0.15, 0.2) is 30.5 Å². The molecule has 0 bridgehead atoms. The lowest BCUT2D eigenvalue weighted by Crippen LogP contribution is -2.18. The molecule has 0 atom stereocenters. The molecule has 1 amide bonds. The molecular weight excluding hydrogens is 264 g/mol. The smallest absolute Gasteiger partial charge is 0.271 e. The molecule has 0 saturated heterocycles. The highest BCUT2D eigenvalue weighted by atomic mass is 35.5. The van der Waals surface area contributed by atoms with E-state index in [1.54, 1.807) is 24.0 Å². The highest BCUT2D eigenvalue weighted by Crippen LogP contribution is 2.20. The van der Waals surface area contributed by atoms with Crippen LogP contribution < -0.4 is 10.6 Å².